The number of nitrogens with zero attached hydrogens (tertiary/aromatic N) is 2. The summed E-state index contributed by atoms with van der Waals surface area (Å²) in [6.07, 6.45) is -3.52. The lowest BCUT2D eigenvalue weighted by Crippen LogP contribution is -2.50. The Morgan fingerprint density at radius 1 is 1.03 bits per heavy atom. The van der Waals surface area contributed by atoms with Crippen molar-refractivity contribution >= 4 is 30.2 Å². The number of β-amino-alcohol motifs (C(OH)–C–C–N with tert-alkyl or cyclic N) is 1. The molecule has 2 rings (SSSR count). The van der Waals surface area contributed by atoms with Crippen molar-refractivity contribution in [3.63, 3.8) is 0 Å². The van der Waals surface area contributed by atoms with Gasteiger partial charge in [-0.1, -0.05) is 0 Å². The summed E-state index contributed by atoms with van der Waals surface area (Å²) in [5.41, 5.74) is 5.65. The molecule has 1 fully saturated rings. The molecule has 1 aromatic rings. The van der Waals surface area contributed by atoms with Gasteiger partial charge in [0.05, 0.1) is 6.61 Å². The van der Waals surface area contributed by atoms with Gasteiger partial charge >= 0.3 is 5.97 Å². The smallest absolute Gasteiger partial charge is 0.320 e. The van der Waals surface area contributed by atoms with Crippen LogP contribution in [0.5, 0.6) is 0 Å². The molecule has 4 atom stereocenters. The van der Waals surface area contributed by atoms with Gasteiger partial charge in [-0.3, -0.25) is 14.4 Å². The summed E-state index contributed by atoms with van der Waals surface area (Å²) >= 11 is 0. The second kappa shape index (κ2) is 15.7. The van der Waals surface area contributed by atoms with E-state index in [4.69, 9.17) is 15.6 Å². The van der Waals surface area contributed by atoms with E-state index in [0.29, 0.717) is 19.4 Å². The van der Waals surface area contributed by atoms with Crippen molar-refractivity contribution < 1.29 is 43.9 Å². The van der Waals surface area contributed by atoms with E-state index in [1.54, 1.807) is 0 Å². The van der Waals surface area contributed by atoms with Crippen molar-refractivity contribution in [2.75, 3.05) is 39.4 Å². The number of carbonyl (C=O) groups is 3. The minimum absolute atomic E-state index is 0. The number of aliphatic carboxylic acids is 1. The fourth-order valence-electron chi connectivity index (χ4n) is 3.61. The van der Waals surface area contributed by atoms with E-state index in [1.807, 2.05) is 0 Å². The third-order valence-corrected chi connectivity index (χ3v) is 5.81. The van der Waals surface area contributed by atoms with Crippen molar-refractivity contribution in [2.24, 2.45) is 5.73 Å². The van der Waals surface area contributed by atoms with Crippen LogP contribution in [0.15, 0.2) is 24.3 Å². The molecule has 13 heteroatoms. The van der Waals surface area contributed by atoms with E-state index in [9.17, 15) is 34.1 Å². The predicted octanol–water partition coefficient (Wildman–Crippen LogP) is -0.396. The second-order valence-corrected chi connectivity index (χ2v) is 8.53. The molecule has 0 unspecified atom stereocenters. The van der Waals surface area contributed by atoms with Gasteiger partial charge in [0.25, 0.3) is 5.91 Å². The number of carbonyl (C=O) groups excluding carboxylic acids is 2. The number of aliphatic hydroxyl groups is 3. The zero-order valence-electron chi connectivity index (χ0n) is 19.9. The molecular weight excluding hydrogens is 501 g/mol. The molecule has 0 aliphatic carbocycles. The number of benzene rings is 1. The van der Waals surface area contributed by atoms with Crippen molar-refractivity contribution in [1.82, 2.24) is 9.80 Å². The lowest BCUT2D eigenvalue weighted by Gasteiger charge is -2.32. The summed E-state index contributed by atoms with van der Waals surface area (Å²) in [6, 6.07) is 3.62. The quantitative estimate of drug-likeness (QED) is 0.336. The van der Waals surface area contributed by atoms with Gasteiger partial charge in [0.15, 0.2) is 0 Å². The number of hydrogen-bond donors (Lipinski definition) is 5. The topological polar surface area (TPSA) is 174 Å². The van der Waals surface area contributed by atoms with Crippen LogP contribution < -0.4 is 5.73 Å². The van der Waals surface area contributed by atoms with Gasteiger partial charge in [0.2, 0.25) is 5.91 Å². The van der Waals surface area contributed by atoms with E-state index in [1.165, 1.54) is 21.9 Å². The predicted molar refractivity (Wildman–Crippen MR) is 129 cm³/mol. The van der Waals surface area contributed by atoms with Gasteiger partial charge in [0.1, 0.15) is 30.2 Å². The number of rotatable bonds is 5. The molecule has 0 radical (unpaired) electrons. The minimum atomic E-state index is -1.59. The van der Waals surface area contributed by atoms with Crippen molar-refractivity contribution in [3.05, 3.63) is 35.6 Å². The highest BCUT2D eigenvalue weighted by Crippen LogP contribution is 2.12. The Bertz CT molecular complexity index is 847. The first-order valence-corrected chi connectivity index (χ1v) is 11.5. The van der Waals surface area contributed by atoms with Crippen LogP contribution in [0.4, 0.5) is 4.39 Å². The van der Waals surface area contributed by atoms with Crippen molar-refractivity contribution in [3.8, 4) is 0 Å². The Morgan fingerprint density at radius 3 is 2.31 bits per heavy atom. The lowest BCUT2D eigenvalue weighted by molar-refractivity contribution is -0.139. The molecule has 1 heterocycles. The van der Waals surface area contributed by atoms with Crippen LogP contribution in [0.2, 0.25) is 0 Å². The molecule has 1 aliphatic heterocycles. The fraction of sp³-hybridized carbons (Fsp3) is 0.609. The van der Waals surface area contributed by atoms with Crippen LogP contribution in [0, 0.1) is 5.82 Å². The minimum Gasteiger partial charge on any atom is -0.480 e. The molecule has 1 aromatic carbocycles. The number of carboxylic acids is 1. The summed E-state index contributed by atoms with van der Waals surface area (Å²) in [4.78, 5) is 39.5. The van der Waals surface area contributed by atoms with Crippen LogP contribution >= 0.6 is 12.4 Å². The highest BCUT2D eigenvalue weighted by molar-refractivity contribution is 5.94. The maximum absolute atomic E-state index is 13.3. The number of halogens is 2. The van der Waals surface area contributed by atoms with E-state index >= 15 is 0 Å². The van der Waals surface area contributed by atoms with Crippen LogP contribution in [0.25, 0.3) is 0 Å². The number of hydrogen-bond acceptors (Lipinski definition) is 8. The van der Waals surface area contributed by atoms with Crippen LogP contribution in [0.3, 0.4) is 0 Å². The number of ether oxygens (including phenoxy) is 1. The molecular formula is C23H35ClFN3O8. The zero-order valence-corrected chi connectivity index (χ0v) is 20.7. The molecule has 11 nitrogen and oxygen atoms in total. The Hall–Kier alpha value is -2.35. The van der Waals surface area contributed by atoms with Gasteiger partial charge in [-0.15, -0.1) is 12.4 Å². The highest BCUT2D eigenvalue weighted by Gasteiger charge is 2.29. The molecule has 0 saturated carbocycles. The maximum Gasteiger partial charge on any atom is 0.320 e. The third-order valence-electron chi connectivity index (χ3n) is 5.81. The Labute approximate surface area is 215 Å². The Balaban J connectivity index is 0.00000648. The Kier molecular flexibility index (Phi) is 13.8. The molecule has 0 bridgehead atoms. The molecule has 0 spiro atoms. The van der Waals surface area contributed by atoms with Gasteiger partial charge in [-0.2, -0.15) is 0 Å². The average molecular weight is 536 g/mol. The molecule has 0 aromatic heterocycles. The summed E-state index contributed by atoms with van der Waals surface area (Å²) in [6.45, 7) is 0.0433. The first-order valence-electron chi connectivity index (χ1n) is 11.5. The first kappa shape index (κ1) is 31.7. The van der Waals surface area contributed by atoms with Crippen molar-refractivity contribution in [1.29, 1.82) is 0 Å². The number of amides is 2. The monoisotopic (exact) mass is 535 g/mol. The van der Waals surface area contributed by atoms with Crippen LogP contribution in [-0.2, 0) is 14.3 Å². The molecule has 204 valence electrons. The van der Waals surface area contributed by atoms with E-state index in [-0.39, 0.29) is 69.6 Å². The molecule has 6 N–H and O–H groups in total. The standard InChI is InChI=1S/C23H34FN3O8.ClH/c24-16-5-3-15(4-6-16)22(32)27-11-10-26(20(30)8-7-17(25)23(33)34)9-1-2-12-35-14-19(29)21(31)18(28)13-27;/h3-6,17-19,21,28-29,31H,1-2,7-14,25H2,(H,33,34);1H/t17-,18-,19+,21+;/m0./s1. The third kappa shape index (κ3) is 9.96. The highest BCUT2D eigenvalue weighted by atomic mass is 35.5. The van der Waals surface area contributed by atoms with Crippen LogP contribution in [0.1, 0.15) is 36.0 Å². The Morgan fingerprint density at radius 2 is 1.67 bits per heavy atom. The number of nitrogens with two attached hydrogens (primary N) is 1. The van der Waals surface area contributed by atoms with Gasteiger partial charge < -0.3 is 40.7 Å². The zero-order chi connectivity index (χ0) is 26.0. The number of carboxylic acid groups (broad SMARTS) is 1. The normalized spacial score (nSPS) is 23.2. The summed E-state index contributed by atoms with van der Waals surface area (Å²) < 4.78 is 18.7. The van der Waals surface area contributed by atoms with Gasteiger partial charge in [-0.05, 0) is 43.5 Å². The van der Waals surface area contributed by atoms with E-state index in [2.05, 4.69) is 0 Å². The largest absolute Gasteiger partial charge is 0.480 e. The average Bonchev–Trinajstić information content (AvgIpc) is 2.83. The molecule has 1 aliphatic rings. The summed E-state index contributed by atoms with van der Waals surface area (Å²) in [5.74, 6) is -2.63. The summed E-state index contributed by atoms with van der Waals surface area (Å²) in [5, 5.41) is 39.8. The van der Waals surface area contributed by atoms with Crippen molar-refractivity contribution in [2.45, 2.75) is 50.0 Å². The molecule has 1 saturated heterocycles. The second-order valence-electron chi connectivity index (χ2n) is 8.53. The summed E-state index contributed by atoms with van der Waals surface area (Å²) in [7, 11) is 0. The maximum atomic E-state index is 13.3. The van der Waals surface area contributed by atoms with E-state index < -0.39 is 42.0 Å². The van der Waals surface area contributed by atoms with Crippen LogP contribution in [-0.4, -0.2) is 112 Å². The fourth-order valence-corrected chi connectivity index (χ4v) is 3.61. The van der Waals surface area contributed by atoms with Gasteiger partial charge in [0, 0.05) is 44.8 Å². The molecule has 36 heavy (non-hydrogen) atoms. The van der Waals surface area contributed by atoms with E-state index in [0.717, 1.165) is 12.1 Å². The lowest BCUT2D eigenvalue weighted by atomic mass is 10.1. The van der Waals surface area contributed by atoms with Gasteiger partial charge in [-0.25, -0.2) is 4.39 Å². The number of aliphatic hydroxyl groups excluding tert-OH is 3. The SMILES string of the molecule is Cl.N[C@@H](CCC(=O)N1CCCCOC[C@@H](O)[C@H](O)[C@@H](O)CN(C(=O)c2ccc(F)cc2)CC1)C(=O)O. The first-order chi connectivity index (χ1) is 16.6. The molecule has 2 amide bonds.